The van der Waals surface area contributed by atoms with Crippen LogP contribution in [0.5, 0.6) is 0 Å². The molecule has 1 aromatic carbocycles. The molecule has 8 heteroatoms. The van der Waals surface area contributed by atoms with Crippen molar-refractivity contribution in [2.75, 3.05) is 0 Å². The van der Waals surface area contributed by atoms with Gasteiger partial charge in [0, 0.05) is 34.6 Å². The van der Waals surface area contributed by atoms with Gasteiger partial charge in [0.1, 0.15) is 0 Å². The molecule has 0 aliphatic rings. The Bertz CT molecular complexity index is 394. The summed E-state index contributed by atoms with van der Waals surface area (Å²) in [5.41, 5.74) is -0.122. The van der Waals surface area contributed by atoms with Crippen molar-refractivity contribution in [1.29, 1.82) is 0 Å². The number of nitro groups is 1. The molecule has 15 heavy (non-hydrogen) atoms. The minimum atomic E-state index is -1.81. The van der Waals surface area contributed by atoms with Crippen LogP contribution < -0.4 is 0 Å². The number of nitrogens with zero attached hydrogens (tertiary/aromatic N) is 1. The molecular formula is C7H4Cl3NO3S. The molecule has 1 rings (SSSR count). The van der Waals surface area contributed by atoms with Crippen molar-refractivity contribution in [3.05, 3.63) is 33.9 Å². The molecule has 1 aromatic rings. The van der Waals surface area contributed by atoms with E-state index >= 15 is 0 Å². The number of halogens is 3. The van der Waals surface area contributed by atoms with Gasteiger partial charge in [-0.2, -0.15) is 0 Å². The SMILES string of the molecule is O=[N+]([O-])c1ccc(SO)c(C(Cl)(Cl)Cl)c1. The van der Waals surface area contributed by atoms with Gasteiger partial charge in [0.15, 0.2) is 0 Å². The second-order valence-electron chi connectivity index (χ2n) is 2.53. The summed E-state index contributed by atoms with van der Waals surface area (Å²) in [7, 11) is 0. The first kappa shape index (κ1) is 12.9. The lowest BCUT2D eigenvalue weighted by Gasteiger charge is -2.13. The van der Waals surface area contributed by atoms with Gasteiger partial charge >= 0.3 is 0 Å². The molecule has 0 radical (unpaired) electrons. The van der Waals surface area contributed by atoms with Crippen LogP contribution in [0.15, 0.2) is 23.1 Å². The molecule has 0 fully saturated rings. The minimum Gasteiger partial charge on any atom is -0.325 e. The van der Waals surface area contributed by atoms with Crippen molar-refractivity contribution in [3.8, 4) is 0 Å². The first-order valence-electron chi connectivity index (χ1n) is 3.53. The monoisotopic (exact) mass is 287 g/mol. The third-order valence-corrected chi connectivity index (χ3v) is 2.74. The highest BCUT2D eigenvalue weighted by atomic mass is 35.6. The second-order valence-corrected chi connectivity index (χ2v) is 5.43. The summed E-state index contributed by atoms with van der Waals surface area (Å²) in [5, 5.41) is 10.5. The molecule has 1 N–H and O–H groups in total. The zero-order valence-corrected chi connectivity index (χ0v) is 10.1. The third-order valence-electron chi connectivity index (χ3n) is 1.58. The Hall–Kier alpha value is -0.200. The Morgan fingerprint density at radius 1 is 1.40 bits per heavy atom. The molecule has 0 aromatic heterocycles. The lowest BCUT2D eigenvalue weighted by Crippen LogP contribution is -2.03. The van der Waals surface area contributed by atoms with Gasteiger partial charge in [-0.3, -0.25) is 10.1 Å². The second kappa shape index (κ2) is 4.76. The van der Waals surface area contributed by atoms with E-state index in [1.165, 1.54) is 12.1 Å². The number of rotatable bonds is 2. The van der Waals surface area contributed by atoms with E-state index in [2.05, 4.69) is 0 Å². The van der Waals surface area contributed by atoms with Crippen LogP contribution in [0.4, 0.5) is 5.69 Å². The number of hydrogen-bond acceptors (Lipinski definition) is 4. The van der Waals surface area contributed by atoms with Gasteiger partial charge < -0.3 is 4.55 Å². The van der Waals surface area contributed by atoms with Crippen molar-refractivity contribution in [1.82, 2.24) is 0 Å². The Balaban J connectivity index is 3.32. The van der Waals surface area contributed by atoms with Crippen LogP contribution in [-0.4, -0.2) is 9.48 Å². The van der Waals surface area contributed by atoms with Crippen molar-refractivity contribution < 1.29 is 9.48 Å². The Labute approximate surface area is 104 Å². The fraction of sp³-hybridized carbons (Fsp3) is 0.143. The van der Waals surface area contributed by atoms with E-state index in [1.807, 2.05) is 0 Å². The number of alkyl halides is 3. The maximum absolute atomic E-state index is 10.5. The normalized spacial score (nSPS) is 11.5. The Kier molecular flexibility index (Phi) is 4.08. The zero-order valence-electron chi connectivity index (χ0n) is 6.99. The van der Waals surface area contributed by atoms with Gasteiger partial charge in [-0.15, -0.1) is 0 Å². The molecule has 0 bridgehead atoms. The number of benzene rings is 1. The van der Waals surface area contributed by atoms with E-state index in [1.54, 1.807) is 0 Å². The van der Waals surface area contributed by atoms with Crippen molar-refractivity contribution >= 4 is 52.5 Å². The lowest BCUT2D eigenvalue weighted by atomic mass is 10.2. The van der Waals surface area contributed by atoms with E-state index < -0.39 is 8.72 Å². The topological polar surface area (TPSA) is 63.4 Å². The summed E-state index contributed by atoms with van der Waals surface area (Å²) < 4.78 is 7.07. The fourth-order valence-electron chi connectivity index (χ4n) is 0.933. The number of nitro benzene ring substituents is 1. The standard InChI is InChI=1S/C7H4Cl3NO3S/c8-7(9,10)5-3-4(11(12)13)1-2-6(5)15-14/h1-3,14H. The highest BCUT2D eigenvalue weighted by Crippen LogP contribution is 2.43. The summed E-state index contributed by atoms with van der Waals surface area (Å²) in [5.74, 6) is 0. The van der Waals surface area contributed by atoms with E-state index in [0.29, 0.717) is 12.0 Å². The van der Waals surface area contributed by atoms with Crippen molar-refractivity contribution in [2.24, 2.45) is 0 Å². The Morgan fingerprint density at radius 2 is 2.00 bits per heavy atom. The number of non-ortho nitro benzene ring substituents is 1. The van der Waals surface area contributed by atoms with Gasteiger partial charge in [-0.25, -0.2) is 0 Å². The predicted molar refractivity (Wildman–Crippen MR) is 60.8 cm³/mol. The maximum Gasteiger partial charge on any atom is 0.269 e. The summed E-state index contributed by atoms with van der Waals surface area (Å²) >= 11 is 17.2. The van der Waals surface area contributed by atoms with Crippen LogP contribution in [0.3, 0.4) is 0 Å². The molecule has 0 aliphatic heterocycles. The molecule has 0 saturated heterocycles. The summed E-state index contributed by atoms with van der Waals surface area (Å²) in [6.45, 7) is 0. The van der Waals surface area contributed by atoms with Gasteiger partial charge in [0.2, 0.25) is 3.79 Å². The molecular weight excluding hydrogens is 285 g/mol. The van der Waals surface area contributed by atoms with Crippen LogP contribution in [0.25, 0.3) is 0 Å². The lowest BCUT2D eigenvalue weighted by molar-refractivity contribution is -0.385. The Morgan fingerprint density at radius 3 is 2.40 bits per heavy atom. The molecule has 0 spiro atoms. The molecule has 0 unspecified atom stereocenters. The zero-order chi connectivity index (χ0) is 11.6. The molecule has 82 valence electrons. The van der Waals surface area contributed by atoms with Gasteiger partial charge in [-0.05, 0) is 6.07 Å². The highest BCUT2D eigenvalue weighted by molar-refractivity contribution is 7.93. The average Bonchev–Trinajstić information content (AvgIpc) is 2.15. The fourth-order valence-corrected chi connectivity index (χ4v) is 2.01. The van der Waals surface area contributed by atoms with Crippen LogP contribution in [0, 0.1) is 10.1 Å². The minimum absolute atomic E-state index is 0.0780. The van der Waals surface area contributed by atoms with E-state index in [9.17, 15) is 10.1 Å². The number of hydrogen-bond donors (Lipinski definition) is 1. The van der Waals surface area contributed by atoms with Gasteiger partial charge in [0.25, 0.3) is 5.69 Å². The first-order chi connectivity index (χ1) is 6.86. The van der Waals surface area contributed by atoms with Gasteiger partial charge in [0.05, 0.1) is 4.92 Å². The quantitative estimate of drug-likeness (QED) is 0.387. The highest BCUT2D eigenvalue weighted by Gasteiger charge is 2.28. The largest absolute Gasteiger partial charge is 0.325 e. The molecule has 0 aliphatic carbocycles. The molecule has 0 amide bonds. The van der Waals surface area contributed by atoms with Crippen LogP contribution in [0.1, 0.15) is 5.56 Å². The van der Waals surface area contributed by atoms with Crippen molar-refractivity contribution in [3.63, 3.8) is 0 Å². The molecule has 0 atom stereocenters. The third kappa shape index (κ3) is 3.12. The smallest absolute Gasteiger partial charge is 0.269 e. The predicted octanol–water partition coefficient (Wildman–Crippen LogP) is 3.99. The summed E-state index contributed by atoms with van der Waals surface area (Å²) in [4.78, 5) is 10.1. The average molecular weight is 289 g/mol. The van der Waals surface area contributed by atoms with Crippen LogP contribution in [-0.2, 0) is 3.79 Å². The summed E-state index contributed by atoms with van der Waals surface area (Å²) in [6, 6.07) is 3.66. The van der Waals surface area contributed by atoms with E-state index in [4.69, 9.17) is 39.4 Å². The van der Waals surface area contributed by atoms with E-state index in [0.717, 1.165) is 6.07 Å². The molecule has 0 heterocycles. The summed E-state index contributed by atoms with van der Waals surface area (Å²) in [6.07, 6.45) is 0. The van der Waals surface area contributed by atoms with Gasteiger partial charge in [-0.1, -0.05) is 34.8 Å². The van der Waals surface area contributed by atoms with Crippen LogP contribution in [0.2, 0.25) is 0 Å². The maximum atomic E-state index is 10.5. The van der Waals surface area contributed by atoms with Crippen LogP contribution >= 0.6 is 46.8 Å². The van der Waals surface area contributed by atoms with E-state index in [-0.39, 0.29) is 16.1 Å². The molecule has 4 nitrogen and oxygen atoms in total. The van der Waals surface area contributed by atoms with Crippen molar-refractivity contribution in [2.45, 2.75) is 8.69 Å². The first-order valence-corrected chi connectivity index (χ1v) is 5.44. The molecule has 0 saturated carbocycles.